The minimum absolute atomic E-state index is 0.198. The summed E-state index contributed by atoms with van der Waals surface area (Å²) in [4.78, 5) is 0. The molecule has 0 fully saturated rings. The number of ether oxygens (including phenoxy) is 1. The second-order valence-electron chi connectivity index (χ2n) is 3.99. The summed E-state index contributed by atoms with van der Waals surface area (Å²) in [5, 5.41) is 2.99. The molecule has 0 atom stereocenters. The topological polar surface area (TPSA) is 67.4 Å². The first-order valence-corrected chi connectivity index (χ1v) is 7.97. The summed E-state index contributed by atoms with van der Waals surface area (Å²) < 4.78 is 30.8. The molecule has 0 bridgehead atoms. The normalized spacial score (nSPS) is 11.9. The van der Waals surface area contributed by atoms with Gasteiger partial charge in [-0.3, -0.25) is 0 Å². The van der Waals surface area contributed by atoms with E-state index in [0.717, 1.165) is 25.8 Å². The van der Waals surface area contributed by atoms with Gasteiger partial charge >= 0.3 is 0 Å². The molecule has 0 radical (unpaired) electrons. The zero-order valence-corrected chi connectivity index (χ0v) is 11.8. The number of nitrogens with one attached hydrogen (secondary N) is 2. The van der Waals surface area contributed by atoms with Crippen molar-refractivity contribution in [2.24, 2.45) is 0 Å². The van der Waals surface area contributed by atoms with Crippen LogP contribution in [-0.2, 0) is 14.8 Å². The summed E-state index contributed by atoms with van der Waals surface area (Å²) in [5.74, 6) is 0.198. The fourth-order valence-electron chi connectivity index (χ4n) is 1.28. The van der Waals surface area contributed by atoms with Crippen LogP contribution in [0, 0.1) is 0 Å². The first-order chi connectivity index (χ1) is 8.12. The van der Waals surface area contributed by atoms with E-state index in [0.29, 0.717) is 26.2 Å². The van der Waals surface area contributed by atoms with Gasteiger partial charge in [0.1, 0.15) is 0 Å². The molecule has 0 amide bonds. The van der Waals surface area contributed by atoms with Gasteiger partial charge in [-0.1, -0.05) is 13.3 Å². The Hall–Kier alpha value is -0.170. The number of hydrogen-bond donors (Lipinski definition) is 2. The van der Waals surface area contributed by atoms with Gasteiger partial charge in [0.25, 0.3) is 0 Å². The maximum absolute atomic E-state index is 11.5. The highest BCUT2D eigenvalue weighted by Gasteiger charge is 2.08. The van der Waals surface area contributed by atoms with Gasteiger partial charge in [0.2, 0.25) is 10.0 Å². The van der Waals surface area contributed by atoms with Crippen molar-refractivity contribution >= 4 is 10.0 Å². The van der Waals surface area contributed by atoms with E-state index in [9.17, 15) is 8.42 Å². The first-order valence-electron chi connectivity index (χ1n) is 6.32. The second-order valence-corrected chi connectivity index (χ2v) is 5.92. The Morgan fingerprint density at radius 3 is 2.47 bits per heavy atom. The highest BCUT2D eigenvalue weighted by atomic mass is 32.2. The molecule has 0 aliphatic heterocycles. The smallest absolute Gasteiger partial charge is 0.211 e. The van der Waals surface area contributed by atoms with Gasteiger partial charge < -0.3 is 10.1 Å². The summed E-state index contributed by atoms with van der Waals surface area (Å²) >= 11 is 0. The highest BCUT2D eigenvalue weighted by Crippen LogP contribution is 1.93. The van der Waals surface area contributed by atoms with E-state index in [-0.39, 0.29) is 5.75 Å². The zero-order valence-electron chi connectivity index (χ0n) is 11.0. The van der Waals surface area contributed by atoms with Crippen LogP contribution in [0.5, 0.6) is 0 Å². The van der Waals surface area contributed by atoms with Crippen LogP contribution in [0.4, 0.5) is 0 Å². The summed E-state index contributed by atoms with van der Waals surface area (Å²) in [7, 11) is -1.25. The Morgan fingerprint density at radius 1 is 1.06 bits per heavy atom. The Morgan fingerprint density at radius 2 is 1.82 bits per heavy atom. The molecule has 0 unspecified atom stereocenters. The van der Waals surface area contributed by atoms with Gasteiger partial charge in [-0.25, -0.2) is 13.1 Å². The largest absolute Gasteiger partial charge is 0.380 e. The van der Waals surface area contributed by atoms with Crippen molar-refractivity contribution in [1.82, 2.24) is 10.0 Å². The van der Waals surface area contributed by atoms with Crippen molar-refractivity contribution < 1.29 is 13.2 Å². The number of sulfonamides is 1. The molecule has 17 heavy (non-hydrogen) atoms. The van der Waals surface area contributed by atoms with E-state index >= 15 is 0 Å². The van der Waals surface area contributed by atoms with Crippen molar-refractivity contribution in [3.63, 3.8) is 0 Å². The molecule has 0 aliphatic carbocycles. The third kappa shape index (κ3) is 12.1. The Kier molecular flexibility index (Phi) is 10.8. The van der Waals surface area contributed by atoms with Crippen LogP contribution in [0.15, 0.2) is 0 Å². The van der Waals surface area contributed by atoms with Crippen LogP contribution in [0.1, 0.15) is 32.6 Å². The fourth-order valence-corrected chi connectivity index (χ4v) is 2.41. The first kappa shape index (κ1) is 16.8. The molecule has 0 aromatic heterocycles. The third-order valence-corrected chi connectivity index (χ3v) is 3.77. The second kappa shape index (κ2) is 11.0. The van der Waals surface area contributed by atoms with Crippen LogP contribution < -0.4 is 10.0 Å². The predicted molar refractivity (Wildman–Crippen MR) is 70.7 cm³/mol. The van der Waals surface area contributed by atoms with Gasteiger partial charge in [0, 0.05) is 13.2 Å². The summed E-state index contributed by atoms with van der Waals surface area (Å²) in [5.41, 5.74) is 0. The SMILES string of the molecule is CCCCOCCNS(=O)(=O)CCCCNC. The maximum Gasteiger partial charge on any atom is 0.211 e. The molecular weight excluding hydrogens is 240 g/mol. The zero-order chi connectivity index (χ0) is 13.0. The minimum atomic E-state index is -3.11. The average molecular weight is 266 g/mol. The standard InChI is InChI=1S/C11H26N2O3S/c1-3-4-9-16-10-8-13-17(14,15)11-6-5-7-12-2/h12-13H,3-11H2,1-2H3. The Bertz CT molecular complexity index is 255. The van der Waals surface area contributed by atoms with Crippen molar-refractivity contribution in [3.05, 3.63) is 0 Å². The van der Waals surface area contributed by atoms with E-state index in [1.165, 1.54) is 0 Å². The molecule has 104 valence electrons. The summed E-state index contributed by atoms with van der Waals surface area (Å²) in [6.07, 6.45) is 3.69. The molecule has 0 rings (SSSR count). The van der Waals surface area contributed by atoms with E-state index < -0.39 is 10.0 Å². The van der Waals surface area contributed by atoms with Crippen LogP contribution >= 0.6 is 0 Å². The van der Waals surface area contributed by atoms with Crippen LogP contribution in [0.25, 0.3) is 0 Å². The van der Waals surface area contributed by atoms with Crippen molar-refractivity contribution in [3.8, 4) is 0 Å². The number of rotatable bonds is 12. The van der Waals surface area contributed by atoms with Gasteiger partial charge in [-0.2, -0.15) is 0 Å². The van der Waals surface area contributed by atoms with Gasteiger partial charge in [0.15, 0.2) is 0 Å². The van der Waals surface area contributed by atoms with Gasteiger partial charge in [-0.15, -0.1) is 0 Å². The lowest BCUT2D eigenvalue weighted by molar-refractivity contribution is 0.136. The number of hydrogen-bond acceptors (Lipinski definition) is 4. The highest BCUT2D eigenvalue weighted by molar-refractivity contribution is 7.89. The Labute approximate surface area is 105 Å². The average Bonchev–Trinajstić information content (AvgIpc) is 2.29. The van der Waals surface area contributed by atoms with Crippen LogP contribution in [-0.4, -0.2) is 47.5 Å². The lowest BCUT2D eigenvalue weighted by Gasteiger charge is -2.07. The molecule has 0 saturated heterocycles. The van der Waals surface area contributed by atoms with Gasteiger partial charge in [-0.05, 0) is 32.9 Å². The van der Waals surface area contributed by atoms with E-state index in [1.807, 2.05) is 7.05 Å². The Balaban J connectivity index is 3.44. The lowest BCUT2D eigenvalue weighted by Crippen LogP contribution is -2.30. The molecule has 0 aliphatic rings. The van der Waals surface area contributed by atoms with Crippen molar-refractivity contribution in [1.29, 1.82) is 0 Å². The maximum atomic E-state index is 11.5. The minimum Gasteiger partial charge on any atom is -0.380 e. The predicted octanol–water partition coefficient (Wildman–Crippen LogP) is 0.722. The van der Waals surface area contributed by atoms with Crippen molar-refractivity contribution in [2.45, 2.75) is 32.6 Å². The van der Waals surface area contributed by atoms with E-state index in [1.54, 1.807) is 0 Å². The third-order valence-electron chi connectivity index (χ3n) is 2.30. The van der Waals surface area contributed by atoms with Crippen LogP contribution in [0.3, 0.4) is 0 Å². The molecule has 2 N–H and O–H groups in total. The van der Waals surface area contributed by atoms with Gasteiger partial charge in [0.05, 0.1) is 12.4 Å². The lowest BCUT2D eigenvalue weighted by atomic mass is 10.3. The molecular formula is C11H26N2O3S. The molecule has 6 heteroatoms. The molecule has 0 saturated carbocycles. The fraction of sp³-hybridized carbons (Fsp3) is 1.00. The summed E-state index contributed by atoms with van der Waals surface area (Å²) in [6.45, 7) is 4.49. The van der Waals surface area contributed by atoms with E-state index in [2.05, 4.69) is 17.0 Å². The quantitative estimate of drug-likeness (QED) is 0.511. The monoisotopic (exact) mass is 266 g/mol. The molecule has 0 aromatic rings. The number of unbranched alkanes of at least 4 members (excludes halogenated alkanes) is 2. The molecule has 5 nitrogen and oxygen atoms in total. The molecule has 0 heterocycles. The van der Waals surface area contributed by atoms with Crippen molar-refractivity contribution in [2.75, 3.05) is 39.1 Å². The molecule has 0 aromatic carbocycles. The van der Waals surface area contributed by atoms with E-state index in [4.69, 9.17) is 4.74 Å². The van der Waals surface area contributed by atoms with Crippen LogP contribution in [0.2, 0.25) is 0 Å². The molecule has 0 spiro atoms. The summed E-state index contributed by atoms with van der Waals surface area (Å²) in [6, 6.07) is 0.